The molecule has 1 aromatic heterocycles. The minimum atomic E-state index is -0.582. The fourth-order valence-corrected chi connectivity index (χ4v) is 3.08. The number of nitrogens with zero attached hydrogens (tertiary/aromatic N) is 1. The van der Waals surface area contributed by atoms with Gasteiger partial charge in [-0.3, -0.25) is 4.79 Å². The molecule has 7 nitrogen and oxygen atoms in total. The minimum Gasteiger partial charge on any atom is -0.497 e. The van der Waals surface area contributed by atoms with Crippen molar-refractivity contribution in [3.63, 3.8) is 0 Å². The highest BCUT2D eigenvalue weighted by molar-refractivity contribution is 6.16. The van der Waals surface area contributed by atoms with Crippen LogP contribution in [0, 0.1) is 0 Å². The van der Waals surface area contributed by atoms with Gasteiger partial charge >= 0.3 is 5.97 Å². The lowest BCUT2D eigenvalue weighted by Crippen LogP contribution is -2.24. The molecular formula is C21H21NO6. The highest BCUT2D eigenvalue weighted by Crippen LogP contribution is 2.35. The van der Waals surface area contributed by atoms with Crippen molar-refractivity contribution in [3.8, 4) is 11.5 Å². The van der Waals surface area contributed by atoms with Crippen LogP contribution in [-0.2, 0) is 20.9 Å². The molecule has 0 saturated carbocycles. The summed E-state index contributed by atoms with van der Waals surface area (Å²) in [5, 5.41) is 0. The third kappa shape index (κ3) is 3.51. The number of carbonyl (C=O) groups excluding carboxylic acids is 2. The number of ether oxygens (including phenoxy) is 3. The molecule has 1 aliphatic heterocycles. The third-order valence-corrected chi connectivity index (χ3v) is 4.53. The molecule has 0 saturated heterocycles. The number of hydrogen-bond donors (Lipinski definition) is 0. The lowest BCUT2D eigenvalue weighted by atomic mass is 10.0. The number of allylic oxidation sites excluding steroid dienone is 1. The first-order valence-corrected chi connectivity index (χ1v) is 8.57. The van der Waals surface area contributed by atoms with E-state index < -0.39 is 5.97 Å². The van der Waals surface area contributed by atoms with E-state index in [-0.39, 0.29) is 23.6 Å². The Bertz CT molecular complexity index is 955. The molecule has 1 amide bonds. The molecule has 1 aromatic carbocycles. The molecule has 0 radical (unpaired) electrons. The predicted octanol–water partition coefficient (Wildman–Crippen LogP) is 3.17. The van der Waals surface area contributed by atoms with Crippen molar-refractivity contribution in [2.45, 2.75) is 13.5 Å². The van der Waals surface area contributed by atoms with Crippen molar-refractivity contribution < 1.29 is 28.2 Å². The van der Waals surface area contributed by atoms with Gasteiger partial charge in [-0.05, 0) is 43.3 Å². The lowest BCUT2D eigenvalue weighted by molar-refractivity contribution is -0.136. The van der Waals surface area contributed by atoms with Gasteiger partial charge in [0.2, 0.25) is 0 Å². The van der Waals surface area contributed by atoms with E-state index in [2.05, 4.69) is 0 Å². The van der Waals surface area contributed by atoms with Gasteiger partial charge in [-0.15, -0.1) is 0 Å². The molecule has 2 heterocycles. The van der Waals surface area contributed by atoms with E-state index in [0.29, 0.717) is 28.5 Å². The Morgan fingerprint density at radius 3 is 2.57 bits per heavy atom. The Balaban J connectivity index is 2.09. The van der Waals surface area contributed by atoms with Gasteiger partial charge in [0.25, 0.3) is 5.91 Å². The van der Waals surface area contributed by atoms with Crippen molar-refractivity contribution in [2.75, 3.05) is 21.3 Å². The highest BCUT2D eigenvalue weighted by Gasteiger charge is 2.37. The molecule has 0 aliphatic carbocycles. The second-order valence-corrected chi connectivity index (χ2v) is 6.09. The summed E-state index contributed by atoms with van der Waals surface area (Å²) in [6, 6.07) is 8.74. The number of furan rings is 1. The fourth-order valence-electron chi connectivity index (χ4n) is 3.08. The van der Waals surface area contributed by atoms with E-state index in [9.17, 15) is 9.59 Å². The van der Waals surface area contributed by atoms with Gasteiger partial charge in [-0.2, -0.15) is 0 Å². The minimum absolute atomic E-state index is 0.212. The van der Waals surface area contributed by atoms with Crippen molar-refractivity contribution in [3.05, 3.63) is 64.8 Å². The fraction of sp³-hybridized carbons (Fsp3) is 0.238. The van der Waals surface area contributed by atoms with Crippen LogP contribution in [0.5, 0.6) is 11.5 Å². The Hall–Kier alpha value is -3.48. The first-order chi connectivity index (χ1) is 13.5. The normalized spacial score (nSPS) is 15.4. The molecule has 1 aliphatic rings. The molecule has 28 heavy (non-hydrogen) atoms. The van der Waals surface area contributed by atoms with E-state index in [1.54, 1.807) is 50.4 Å². The smallest absolute Gasteiger partial charge is 0.340 e. The zero-order chi connectivity index (χ0) is 20.3. The first-order valence-electron chi connectivity index (χ1n) is 8.57. The number of amides is 1. The summed E-state index contributed by atoms with van der Waals surface area (Å²) >= 11 is 0. The second kappa shape index (κ2) is 8.04. The molecule has 0 fully saturated rings. The van der Waals surface area contributed by atoms with Crippen LogP contribution in [0.3, 0.4) is 0 Å². The van der Waals surface area contributed by atoms with Gasteiger partial charge in [-0.1, -0.05) is 0 Å². The number of hydrogen-bond acceptors (Lipinski definition) is 6. The summed E-state index contributed by atoms with van der Waals surface area (Å²) in [5.74, 6) is 0.857. The van der Waals surface area contributed by atoms with Gasteiger partial charge in [0.15, 0.2) is 0 Å². The van der Waals surface area contributed by atoms with Crippen LogP contribution in [0.15, 0.2) is 57.9 Å². The summed E-state index contributed by atoms with van der Waals surface area (Å²) < 4.78 is 20.9. The quantitative estimate of drug-likeness (QED) is 0.563. The standard InChI is InChI=1S/C21H21NO6/c1-13-19(21(24)27-4)17(20(23)22(13)12-16-6-5-9-28-16)11-14-10-15(25-2)7-8-18(14)26-3/h5-11H,12H2,1-4H3/b17-11-. The van der Waals surface area contributed by atoms with Gasteiger partial charge in [0.05, 0.1) is 45.3 Å². The summed E-state index contributed by atoms with van der Waals surface area (Å²) in [6.45, 7) is 1.92. The van der Waals surface area contributed by atoms with Crippen molar-refractivity contribution in [1.82, 2.24) is 4.90 Å². The third-order valence-electron chi connectivity index (χ3n) is 4.53. The van der Waals surface area contributed by atoms with Crippen molar-refractivity contribution in [1.29, 1.82) is 0 Å². The largest absolute Gasteiger partial charge is 0.497 e. The van der Waals surface area contributed by atoms with E-state index in [1.165, 1.54) is 25.4 Å². The molecular weight excluding hydrogens is 362 g/mol. The maximum atomic E-state index is 13.1. The zero-order valence-electron chi connectivity index (χ0n) is 16.1. The molecule has 0 bridgehead atoms. The number of rotatable bonds is 6. The summed E-state index contributed by atoms with van der Waals surface area (Å²) in [5.41, 5.74) is 1.55. The average Bonchev–Trinajstić information content (AvgIpc) is 3.30. The van der Waals surface area contributed by atoms with Gasteiger partial charge < -0.3 is 23.5 Å². The lowest BCUT2D eigenvalue weighted by Gasteiger charge is -2.16. The Morgan fingerprint density at radius 2 is 1.96 bits per heavy atom. The van der Waals surface area contributed by atoms with Gasteiger partial charge in [0, 0.05) is 11.3 Å². The molecule has 3 rings (SSSR count). The maximum absolute atomic E-state index is 13.1. The van der Waals surface area contributed by atoms with E-state index in [0.717, 1.165) is 0 Å². The summed E-state index contributed by atoms with van der Waals surface area (Å²) in [6.07, 6.45) is 3.15. The Morgan fingerprint density at radius 1 is 1.18 bits per heavy atom. The van der Waals surface area contributed by atoms with Crippen LogP contribution < -0.4 is 9.47 Å². The average molecular weight is 383 g/mol. The SMILES string of the molecule is COC(=O)C1=C(C)N(Cc2ccco2)C(=O)/C1=C\c1cc(OC)ccc1OC. The second-order valence-electron chi connectivity index (χ2n) is 6.09. The Kier molecular flexibility index (Phi) is 5.54. The monoisotopic (exact) mass is 383 g/mol. The van der Waals surface area contributed by atoms with E-state index in [4.69, 9.17) is 18.6 Å². The molecule has 0 unspecified atom stereocenters. The van der Waals surface area contributed by atoms with Crippen LogP contribution in [-0.4, -0.2) is 38.1 Å². The first kappa shape index (κ1) is 19.3. The van der Waals surface area contributed by atoms with Crippen molar-refractivity contribution in [2.24, 2.45) is 0 Å². The number of methoxy groups -OCH3 is 3. The number of carbonyl (C=O) groups is 2. The number of esters is 1. The van der Waals surface area contributed by atoms with Gasteiger partial charge in [-0.25, -0.2) is 4.79 Å². The number of benzene rings is 1. The van der Waals surface area contributed by atoms with E-state index in [1.807, 2.05) is 0 Å². The molecule has 0 spiro atoms. The van der Waals surface area contributed by atoms with Crippen LogP contribution in [0.2, 0.25) is 0 Å². The highest BCUT2D eigenvalue weighted by atomic mass is 16.5. The van der Waals surface area contributed by atoms with Crippen LogP contribution >= 0.6 is 0 Å². The van der Waals surface area contributed by atoms with Crippen LogP contribution in [0.4, 0.5) is 0 Å². The molecule has 7 heteroatoms. The van der Waals surface area contributed by atoms with Crippen molar-refractivity contribution >= 4 is 18.0 Å². The van der Waals surface area contributed by atoms with E-state index >= 15 is 0 Å². The summed E-state index contributed by atoms with van der Waals surface area (Å²) in [4.78, 5) is 27.0. The topological polar surface area (TPSA) is 78.2 Å². The molecule has 2 aromatic rings. The van der Waals surface area contributed by atoms with Crippen LogP contribution in [0.25, 0.3) is 6.08 Å². The molecule has 146 valence electrons. The molecule has 0 atom stereocenters. The molecule has 0 N–H and O–H groups in total. The zero-order valence-corrected chi connectivity index (χ0v) is 16.1. The predicted molar refractivity (Wildman–Crippen MR) is 101 cm³/mol. The Labute approximate surface area is 162 Å². The van der Waals surface area contributed by atoms with Crippen LogP contribution in [0.1, 0.15) is 18.2 Å². The maximum Gasteiger partial charge on any atom is 0.340 e. The van der Waals surface area contributed by atoms with Gasteiger partial charge in [0.1, 0.15) is 17.3 Å². The summed E-state index contributed by atoms with van der Waals surface area (Å²) in [7, 11) is 4.37.